The second-order valence-electron chi connectivity index (χ2n) is 4.07. The summed E-state index contributed by atoms with van der Waals surface area (Å²) in [6.07, 6.45) is 3.97. The molecule has 0 heterocycles. The van der Waals surface area contributed by atoms with Crippen LogP contribution >= 0.6 is 0 Å². The molecule has 0 aliphatic carbocycles. The zero-order valence-electron chi connectivity index (χ0n) is 9.84. The van der Waals surface area contributed by atoms with Crippen LogP contribution in [0.2, 0.25) is 0 Å². The van der Waals surface area contributed by atoms with Gasteiger partial charge in [-0.3, -0.25) is 0 Å². The largest absolute Gasteiger partial charge is 0.494 e. The minimum Gasteiger partial charge on any atom is -0.494 e. The standard InChI is InChI=1S/C14H19O/c1-5-12-8-13(7-11(3)4)10-14(9-12)15-6-2/h8-11H,1,6-7H2,2-4H3. The normalized spacial score (nSPS) is 10.4. The Balaban J connectivity index is 2.94. The molecule has 15 heavy (non-hydrogen) atoms. The van der Waals surface area contributed by atoms with Crippen molar-refractivity contribution in [3.05, 3.63) is 42.0 Å². The molecule has 0 aliphatic heterocycles. The van der Waals surface area contributed by atoms with Gasteiger partial charge >= 0.3 is 0 Å². The van der Waals surface area contributed by atoms with Gasteiger partial charge in [0.2, 0.25) is 0 Å². The maximum absolute atomic E-state index is 5.50. The fourth-order valence-corrected chi connectivity index (χ4v) is 1.60. The van der Waals surface area contributed by atoms with Crippen molar-refractivity contribution < 1.29 is 4.74 Å². The van der Waals surface area contributed by atoms with Crippen LogP contribution in [0, 0.1) is 12.0 Å². The third-order valence-electron chi connectivity index (χ3n) is 2.13. The molecule has 0 saturated heterocycles. The lowest BCUT2D eigenvalue weighted by atomic mass is 10.0. The molecular formula is C14H19O. The van der Waals surface area contributed by atoms with Gasteiger partial charge in [0.05, 0.1) is 6.61 Å². The van der Waals surface area contributed by atoms with E-state index < -0.39 is 0 Å². The fraction of sp³-hybridized carbons (Fsp3) is 0.429. The highest BCUT2D eigenvalue weighted by atomic mass is 16.5. The Morgan fingerprint density at radius 1 is 1.33 bits per heavy atom. The minimum absolute atomic E-state index is 0.652. The second-order valence-corrected chi connectivity index (χ2v) is 4.07. The van der Waals surface area contributed by atoms with Crippen molar-refractivity contribution in [3.8, 4) is 5.75 Å². The highest BCUT2D eigenvalue weighted by Gasteiger charge is 2.02. The Morgan fingerprint density at radius 2 is 2.07 bits per heavy atom. The van der Waals surface area contributed by atoms with E-state index in [-0.39, 0.29) is 0 Å². The van der Waals surface area contributed by atoms with Crippen molar-refractivity contribution in [2.75, 3.05) is 6.61 Å². The van der Waals surface area contributed by atoms with E-state index in [1.807, 2.05) is 13.0 Å². The summed E-state index contributed by atoms with van der Waals surface area (Å²) in [5.74, 6) is 1.57. The maximum Gasteiger partial charge on any atom is 0.120 e. The molecular weight excluding hydrogens is 184 g/mol. The minimum atomic E-state index is 0.652. The topological polar surface area (TPSA) is 9.23 Å². The zero-order valence-corrected chi connectivity index (χ0v) is 9.84. The molecule has 0 saturated carbocycles. The van der Waals surface area contributed by atoms with Crippen LogP contribution in [-0.4, -0.2) is 6.61 Å². The van der Waals surface area contributed by atoms with Gasteiger partial charge in [-0.15, -0.1) is 0 Å². The van der Waals surface area contributed by atoms with E-state index in [0.29, 0.717) is 12.5 Å². The van der Waals surface area contributed by atoms with Crippen molar-refractivity contribution >= 4 is 0 Å². The van der Waals surface area contributed by atoms with E-state index in [4.69, 9.17) is 4.74 Å². The van der Waals surface area contributed by atoms with E-state index in [2.05, 4.69) is 38.6 Å². The Hall–Kier alpha value is -1.24. The van der Waals surface area contributed by atoms with Gasteiger partial charge in [0.15, 0.2) is 0 Å². The van der Waals surface area contributed by atoms with Crippen LogP contribution in [-0.2, 0) is 6.42 Å². The van der Waals surface area contributed by atoms with Gasteiger partial charge in [0.25, 0.3) is 0 Å². The van der Waals surface area contributed by atoms with Crippen LogP contribution in [0.15, 0.2) is 24.8 Å². The van der Waals surface area contributed by atoms with Crippen LogP contribution in [0.5, 0.6) is 5.75 Å². The lowest BCUT2D eigenvalue weighted by molar-refractivity contribution is 0.339. The molecule has 0 aromatic heterocycles. The van der Waals surface area contributed by atoms with Crippen LogP contribution in [0.4, 0.5) is 0 Å². The van der Waals surface area contributed by atoms with Crippen LogP contribution in [0.3, 0.4) is 0 Å². The van der Waals surface area contributed by atoms with Crippen molar-refractivity contribution in [1.29, 1.82) is 0 Å². The fourth-order valence-electron chi connectivity index (χ4n) is 1.60. The number of benzene rings is 1. The third kappa shape index (κ3) is 3.78. The summed E-state index contributed by atoms with van der Waals surface area (Å²) in [4.78, 5) is 0. The van der Waals surface area contributed by atoms with Gasteiger partial charge in [-0.2, -0.15) is 0 Å². The Morgan fingerprint density at radius 3 is 2.60 bits per heavy atom. The van der Waals surface area contributed by atoms with Crippen molar-refractivity contribution in [1.82, 2.24) is 0 Å². The number of ether oxygens (including phenoxy) is 1. The predicted molar refractivity (Wildman–Crippen MR) is 64.1 cm³/mol. The molecule has 0 spiro atoms. The quantitative estimate of drug-likeness (QED) is 0.710. The van der Waals surface area contributed by atoms with Gasteiger partial charge < -0.3 is 4.74 Å². The summed E-state index contributed by atoms with van der Waals surface area (Å²) in [7, 11) is 0. The highest BCUT2D eigenvalue weighted by Crippen LogP contribution is 2.19. The van der Waals surface area contributed by atoms with Gasteiger partial charge in [-0.05, 0) is 48.6 Å². The van der Waals surface area contributed by atoms with Gasteiger partial charge in [-0.1, -0.05) is 26.5 Å². The molecule has 0 atom stereocenters. The summed E-state index contributed by atoms with van der Waals surface area (Å²) in [6, 6.07) is 6.19. The first-order valence-electron chi connectivity index (χ1n) is 5.45. The van der Waals surface area contributed by atoms with E-state index in [1.54, 1.807) is 0 Å². The molecule has 0 amide bonds. The molecule has 1 radical (unpaired) electrons. The molecule has 1 heteroatoms. The Kier molecular flexibility index (Phi) is 4.41. The lowest BCUT2D eigenvalue weighted by Crippen LogP contribution is -1.97. The number of hydrogen-bond donors (Lipinski definition) is 0. The van der Waals surface area contributed by atoms with Crippen molar-refractivity contribution in [2.45, 2.75) is 27.2 Å². The van der Waals surface area contributed by atoms with E-state index >= 15 is 0 Å². The van der Waals surface area contributed by atoms with Gasteiger partial charge in [-0.25, -0.2) is 0 Å². The second kappa shape index (κ2) is 5.59. The molecule has 1 nitrogen and oxygen atoms in total. The average molecular weight is 203 g/mol. The van der Waals surface area contributed by atoms with Crippen LogP contribution < -0.4 is 4.74 Å². The molecule has 0 N–H and O–H groups in total. The van der Waals surface area contributed by atoms with Crippen molar-refractivity contribution in [2.24, 2.45) is 5.92 Å². The molecule has 81 valence electrons. The molecule has 1 aromatic carbocycles. The summed E-state index contributed by atoms with van der Waals surface area (Å²) in [6.45, 7) is 10.8. The molecule has 0 unspecified atom stereocenters. The molecule has 1 aromatic rings. The van der Waals surface area contributed by atoms with E-state index in [0.717, 1.165) is 17.7 Å². The number of rotatable bonds is 5. The number of hydrogen-bond acceptors (Lipinski definition) is 1. The van der Waals surface area contributed by atoms with Gasteiger partial charge in [0, 0.05) is 0 Å². The highest BCUT2D eigenvalue weighted by molar-refractivity contribution is 5.37. The SMILES string of the molecule is C=[C]c1cc(CC(C)C)cc(OCC)c1. The maximum atomic E-state index is 5.50. The summed E-state index contributed by atoms with van der Waals surface area (Å²) in [5, 5.41) is 0. The van der Waals surface area contributed by atoms with E-state index in [9.17, 15) is 0 Å². The lowest BCUT2D eigenvalue weighted by Gasteiger charge is -2.09. The smallest absolute Gasteiger partial charge is 0.120 e. The Labute approximate surface area is 92.8 Å². The summed E-state index contributed by atoms with van der Waals surface area (Å²) in [5.41, 5.74) is 2.30. The Bertz CT molecular complexity index is 326. The first-order valence-corrected chi connectivity index (χ1v) is 5.45. The predicted octanol–water partition coefficient (Wildman–Crippen LogP) is 3.62. The third-order valence-corrected chi connectivity index (χ3v) is 2.13. The first kappa shape index (κ1) is 11.8. The first-order chi connectivity index (χ1) is 7.15. The summed E-state index contributed by atoms with van der Waals surface area (Å²) >= 11 is 0. The molecule has 1 rings (SSSR count). The average Bonchev–Trinajstić information content (AvgIpc) is 2.16. The monoisotopic (exact) mass is 203 g/mol. The van der Waals surface area contributed by atoms with Gasteiger partial charge in [0.1, 0.15) is 5.75 Å². The summed E-state index contributed by atoms with van der Waals surface area (Å²) < 4.78 is 5.50. The zero-order chi connectivity index (χ0) is 11.3. The van der Waals surface area contributed by atoms with Crippen molar-refractivity contribution in [3.63, 3.8) is 0 Å². The van der Waals surface area contributed by atoms with E-state index in [1.165, 1.54) is 5.56 Å². The molecule has 0 bridgehead atoms. The van der Waals surface area contributed by atoms with Crippen LogP contribution in [0.25, 0.3) is 0 Å². The molecule has 0 fully saturated rings. The van der Waals surface area contributed by atoms with Crippen LogP contribution in [0.1, 0.15) is 31.9 Å². The molecule has 0 aliphatic rings.